The number of carbonyl (C=O) groups is 2. The molecule has 180 valence electrons. The fourth-order valence-corrected chi connectivity index (χ4v) is 4.08. The Morgan fingerprint density at radius 3 is 2.28 bits per heavy atom. The molecule has 0 fully saturated rings. The van der Waals surface area contributed by atoms with Crippen molar-refractivity contribution in [2.24, 2.45) is 0 Å². The van der Waals surface area contributed by atoms with E-state index in [1.807, 2.05) is 36.4 Å². The van der Waals surface area contributed by atoms with E-state index in [1.54, 1.807) is 48.1 Å². The Bertz CT molecular complexity index is 1650. The van der Waals surface area contributed by atoms with Crippen LogP contribution in [0.3, 0.4) is 0 Å². The van der Waals surface area contributed by atoms with Gasteiger partial charge in [0.05, 0.1) is 36.5 Å². The number of hydrogen-bond acceptors (Lipinski definition) is 6. The van der Waals surface area contributed by atoms with Crippen LogP contribution in [0.2, 0.25) is 0 Å². The lowest BCUT2D eigenvalue weighted by Gasteiger charge is -2.09. The lowest BCUT2D eigenvalue weighted by molar-refractivity contribution is -0.116. The predicted molar refractivity (Wildman–Crippen MR) is 135 cm³/mol. The molecule has 3 aromatic carbocycles. The van der Waals surface area contributed by atoms with Gasteiger partial charge >= 0.3 is 5.97 Å². The van der Waals surface area contributed by atoms with Crippen LogP contribution in [0.4, 0.5) is 5.69 Å². The lowest BCUT2D eigenvalue weighted by Crippen LogP contribution is -2.20. The number of imidazole rings is 1. The molecule has 1 N–H and O–H groups in total. The van der Waals surface area contributed by atoms with Crippen LogP contribution in [0, 0.1) is 0 Å². The largest absolute Gasteiger partial charge is 0.497 e. The third-order valence-corrected chi connectivity index (χ3v) is 5.83. The van der Waals surface area contributed by atoms with Crippen molar-refractivity contribution in [3.05, 3.63) is 94.8 Å². The second-order valence-electron chi connectivity index (χ2n) is 8.04. The molecule has 9 nitrogen and oxygen atoms in total. The summed E-state index contributed by atoms with van der Waals surface area (Å²) in [5, 5.41) is 2.83. The third kappa shape index (κ3) is 4.18. The monoisotopic (exact) mass is 482 g/mol. The van der Waals surface area contributed by atoms with Gasteiger partial charge in [0.15, 0.2) is 0 Å². The Labute approximate surface area is 205 Å². The van der Waals surface area contributed by atoms with Gasteiger partial charge in [0.25, 0.3) is 5.56 Å². The standard InChI is InChI=1S/C27H22N4O5/c1-35-20-13-9-17(10-14-20)21-15-25(33)31-23-6-4-3-5-22(23)30(27(31)29-21)16-24(32)28-19-11-7-18(8-12-19)26(34)36-2/h3-15H,16H2,1-2H3,(H,28,32). The normalized spacial score (nSPS) is 10.9. The Kier molecular flexibility index (Phi) is 5.95. The summed E-state index contributed by atoms with van der Waals surface area (Å²) in [7, 11) is 2.89. The molecule has 0 bridgehead atoms. The zero-order valence-corrected chi connectivity index (χ0v) is 19.6. The van der Waals surface area contributed by atoms with Crippen LogP contribution in [0.25, 0.3) is 28.1 Å². The molecule has 1 amide bonds. The van der Waals surface area contributed by atoms with Crippen LogP contribution in [0.5, 0.6) is 5.75 Å². The average Bonchev–Trinajstić information content (AvgIpc) is 3.22. The number of rotatable bonds is 6. The topological polar surface area (TPSA) is 104 Å². The van der Waals surface area contributed by atoms with Crippen LogP contribution in [0.15, 0.2) is 83.7 Å². The molecule has 0 spiro atoms. The lowest BCUT2D eigenvalue weighted by atomic mass is 10.1. The van der Waals surface area contributed by atoms with Crippen molar-refractivity contribution in [1.82, 2.24) is 14.0 Å². The van der Waals surface area contributed by atoms with Crippen molar-refractivity contribution in [2.75, 3.05) is 19.5 Å². The molecule has 0 saturated heterocycles. The minimum Gasteiger partial charge on any atom is -0.497 e. The number of para-hydroxylation sites is 2. The first-order valence-electron chi connectivity index (χ1n) is 11.1. The van der Waals surface area contributed by atoms with Crippen LogP contribution in [0.1, 0.15) is 10.4 Å². The molecule has 36 heavy (non-hydrogen) atoms. The molecule has 0 unspecified atom stereocenters. The predicted octanol–water partition coefficient (Wildman–Crippen LogP) is 3.75. The molecule has 0 aliphatic carbocycles. The molecule has 5 rings (SSSR count). The zero-order chi connectivity index (χ0) is 25.2. The van der Waals surface area contributed by atoms with Gasteiger partial charge in [-0.15, -0.1) is 0 Å². The van der Waals surface area contributed by atoms with Gasteiger partial charge in [-0.25, -0.2) is 14.2 Å². The maximum Gasteiger partial charge on any atom is 0.337 e. The molecule has 5 aromatic rings. The van der Waals surface area contributed by atoms with Crippen LogP contribution < -0.4 is 15.6 Å². The smallest absolute Gasteiger partial charge is 0.337 e. The summed E-state index contributed by atoms with van der Waals surface area (Å²) >= 11 is 0. The maximum atomic E-state index is 13.2. The summed E-state index contributed by atoms with van der Waals surface area (Å²) < 4.78 is 13.1. The highest BCUT2D eigenvalue weighted by molar-refractivity contribution is 5.94. The van der Waals surface area contributed by atoms with Gasteiger partial charge in [0, 0.05) is 17.3 Å². The number of amides is 1. The van der Waals surface area contributed by atoms with Crippen molar-refractivity contribution in [3.8, 4) is 17.0 Å². The van der Waals surface area contributed by atoms with Gasteiger partial charge in [-0.1, -0.05) is 12.1 Å². The van der Waals surface area contributed by atoms with Crippen molar-refractivity contribution in [2.45, 2.75) is 6.54 Å². The van der Waals surface area contributed by atoms with E-state index in [0.717, 1.165) is 5.56 Å². The van der Waals surface area contributed by atoms with Gasteiger partial charge in [0.2, 0.25) is 11.7 Å². The Morgan fingerprint density at radius 1 is 0.917 bits per heavy atom. The molecule has 0 atom stereocenters. The van der Waals surface area contributed by atoms with Gasteiger partial charge in [-0.2, -0.15) is 0 Å². The summed E-state index contributed by atoms with van der Waals surface area (Å²) in [6, 6.07) is 22.5. The first-order chi connectivity index (χ1) is 17.5. The Balaban J connectivity index is 1.53. The molecule has 2 heterocycles. The first-order valence-corrected chi connectivity index (χ1v) is 11.1. The molecule has 0 saturated carbocycles. The maximum absolute atomic E-state index is 13.2. The summed E-state index contributed by atoms with van der Waals surface area (Å²) in [5.41, 5.74) is 3.25. The number of ether oxygens (including phenoxy) is 2. The van der Waals surface area contributed by atoms with E-state index in [4.69, 9.17) is 14.5 Å². The Hall–Kier alpha value is -4.92. The number of carbonyl (C=O) groups excluding carboxylic acids is 2. The van der Waals surface area contributed by atoms with E-state index in [-0.39, 0.29) is 18.0 Å². The second-order valence-corrected chi connectivity index (χ2v) is 8.04. The van der Waals surface area contributed by atoms with E-state index >= 15 is 0 Å². The van der Waals surface area contributed by atoms with Gasteiger partial charge in [0.1, 0.15) is 12.3 Å². The average molecular weight is 482 g/mol. The molecule has 0 radical (unpaired) electrons. The highest BCUT2D eigenvalue weighted by Crippen LogP contribution is 2.23. The molecule has 0 aliphatic heterocycles. The number of benzene rings is 3. The van der Waals surface area contributed by atoms with Crippen molar-refractivity contribution >= 4 is 34.4 Å². The van der Waals surface area contributed by atoms with Crippen molar-refractivity contribution in [3.63, 3.8) is 0 Å². The number of aromatic nitrogens is 3. The number of esters is 1. The van der Waals surface area contributed by atoms with Gasteiger partial charge in [-0.05, 0) is 60.7 Å². The molecule has 2 aromatic heterocycles. The number of anilines is 1. The van der Waals surface area contributed by atoms with Crippen LogP contribution >= 0.6 is 0 Å². The summed E-state index contributed by atoms with van der Waals surface area (Å²) in [5.74, 6) is 0.281. The minimum atomic E-state index is -0.456. The quantitative estimate of drug-likeness (QED) is 0.370. The minimum absolute atomic E-state index is 0.0751. The highest BCUT2D eigenvalue weighted by Gasteiger charge is 2.17. The van der Waals surface area contributed by atoms with E-state index < -0.39 is 5.97 Å². The number of nitrogens with zero attached hydrogens (tertiary/aromatic N) is 3. The molecule has 0 aliphatic rings. The fourth-order valence-electron chi connectivity index (χ4n) is 4.08. The number of hydrogen-bond donors (Lipinski definition) is 1. The first kappa shape index (κ1) is 22.9. The summed E-state index contributed by atoms with van der Waals surface area (Å²) in [6.45, 7) is -0.0751. The van der Waals surface area contributed by atoms with Crippen LogP contribution in [-0.2, 0) is 16.1 Å². The fraction of sp³-hybridized carbons (Fsp3) is 0.111. The SMILES string of the molecule is COC(=O)c1ccc(NC(=O)Cn2c3ccccc3n3c(=O)cc(-c4ccc(OC)cc4)nc23)cc1. The molecular formula is C27H22N4O5. The van der Waals surface area contributed by atoms with E-state index in [0.29, 0.717) is 39.5 Å². The van der Waals surface area contributed by atoms with Crippen molar-refractivity contribution < 1.29 is 19.1 Å². The van der Waals surface area contributed by atoms with E-state index in [2.05, 4.69) is 5.32 Å². The molecular weight excluding hydrogens is 460 g/mol. The Morgan fingerprint density at radius 2 is 1.61 bits per heavy atom. The van der Waals surface area contributed by atoms with Crippen LogP contribution in [-0.4, -0.2) is 40.0 Å². The number of fused-ring (bicyclic) bond motifs is 3. The van der Waals surface area contributed by atoms with E-state index in [9.17, 15) is 14.4 Å². The van der Waals surface area contributed by atoms with Gasteiger partial charge in [-0.3, -0.25) is 9.59 Å². The third-order valence-electron chi connectivity index (χ3n) is 5.83. The van der Waals surface area contributed by atoms with E-state index in [1.165, 1.54) is 17.6 Å². The van der Waals surface area contributed by atoms with Crippen molar-refractivity contribution in [1.29, 1.82) is 0 Å². The summed E-state index contributed by atoms with van der Waals surface area (Å²) in [4.78, 5) is 42.6. The number of nitrogens with one attached hydrogen (secondary N) is 1. The number of methoxy groups -OCH3 is 2. The van der Waals surface area contributed by atoms with Gasteiger partial charge < -0.3 is 19.4 Å². The second kappa shape index (κ2) is 9.38. The highest BCUT2D eigenvalue weighted by atomic mass is 16.5. The molecule has 9 heteroatoms. The zero-order valence-electron chi connectivity index (χ0n) is 19.6. The summed E-state index contributed by atoms with van der Waals surface area (Å²) in [6.07, 6.45) is 0.